The molecule has 0 aliphatic heterocycles. The van der Waals surface area contributed by atoms with Crippen molar-refractivity contribution in [2.24, 2.45) is 5.92 Å². The minimum atomic E-state index is -1.77. The van der Waals surface area contributed by atoms with Gasteiger partial charge in [-0.25, -0.2) is 8.78 Å². The third-order valence-corrected chi connectivity index (χ3v) is 8.18. The van der Waals surface area contributed by atoms with Crippen molar-refractivity contribution < 1.29 is 18.8 Å². The van der Waals surface area contributed by atoms with Crippen molar-refractivity contribution in [3.63, 3.8) is 0 Å². The van der Waals surface area contributed by atoms with Gasteiger partial charge in [0.15, 0.2) is 0 Å². The summed E-state index contributed by atoms with van der Waals surface area (Å²) in [4.78, 5) is 0. The van der Waals surface area contributed by atoms with Gasteiger partial charge in [-0.05, 0) is 100 Å². The summed E-state index contributed by atoms with van der Waals surface area (Å²) in [5, 5.41) is 18.2. The van der Waals surface area contributed by atoms with E-state index in [0.29, 0.717) is 0 Å². The standard InChI is InChI=1S/C18H20BFO2.C18H17F/c1-2-3-12-8-13-4-5-14(10-16(13)9-12)15-6-7-17(19(21)22)18(20)11-15;1-2-4-13-9-15-7-8-16(11-17(15)10-13)14-5-3-6-18(19)12-14/h4-7,10-12,21-22H,2-3,8-9H2,1H3;3,5-8,10-12H,2,4,9H2,1H3. The summed E-state index contributed by atoms with van der Waals surface area (Å²) >= 11 is 0. The van der Waals surface area contributed by atoms with Crippen molar-refractivity contribution in [2.75, 3.05) is 0 Å². The van der Waals surface area contributed by atoms with Crippen LogP contribution in [0.2, 0.25) is 0 Å². The molecule has 0 spiro atoms. The van der Waals surface area contributed by atoms with Gasteiger partial charge in [0, 0.05) is 5.46 Å². The lowest BCUT2D eigenvalue weighted by Gasteiger charge is -2.08. The molecule has 2 aliphatic carbocycles. The van der Waals surface area contributed by atoms with Gasteiger partial charge in [-0.2, -0.15) is 0 Å². The van der Waals surface area contributed by atoms with Gasteiger partial charge < -0.3 is 10.0 Å². The smallest absolute Gasteiger partial charge is 0.423 e. The maximum absolute atomic E-state index is 13.9. The third-order valence-electron chi connectivity index (χ3n) is 8.18. The predicted molar refractivity (Wildman–Crippen MR) is 166 cm³/mol. The zero-order valence-electron chi connectivity index (χ0n) is 23.8. The normalized spacial score (nSPS) is 15.1. The topological polar surface area (TPSA) is 40.5 Å². The van der Waals surface area contributed by atoms with Crippen molar-refractivity contribution in [2.45, 2.75) is 58.8 Å². The summed E-state index contributed by atoms with van der Waals surface area (Å²) in [5.41, 5.74) is 10.7. The molecule has 0 amide bonds. The Morgan fingerprint density at radius 3 is 2.12 bits per heavy atom. The predicted octanol–water partition coefficient (Wildman–Crippen LogP) is 7.92. The first-order valence-electron chi connectivity index (χ1n) is 14.7. The Kier molecular flexibility index (Phi) is 9.17. The van der Waals surface area contributed by atoms with E-state index in [0.717, 1.165) is 47.4 Å². The molecule has 210 valence electrons. The van der Waals surface area contributed by atoms with Crippen LogP contribution in [0.25, 0.3) is 28.3 Å². The molecule has 0 saturated heterocycles. The van der Waals surface area contributed by atoms with E-state index in [1.165, 1.54) is 71.7 Å². The molecule has 2 N–H and O–H groups in total. The van der Waals surface area contributed by atoms with Crippen LogP contribution >= 0.6 is 0 Å². The van der Waals surface area contributed by atoms with Crippen molar-refractivity contribution in [3.05, 3.63) is 118 Å². The number of rotatable bonds is 7. The number of hydrogen-bond acceptors (Lipinski definition) is 2. The summed E-state index contributed by atoms with van der Waals surface area (Å²) < 4.78 is 27.2. The van der Waals surface area contributed by atoms with Crippen LogP contribution in [0.3, 0.4) is 0 Å². The van der Waals surface area contributed by atoms with Gasteiger partial charge in [-0.15, -0.1) is 0 Å². The molecule has 1 atom stereocenters. The van der Waals surface area contributed by atoms with Crippen LogP contribution in [0.15, 0.2) is 84.4 Å². The molecule has 2 aliphatic rings. The van der Waals surface area contributed by atoms with Gasteiger partial charge in [0.1, 0.15) is 11.6 Å². The molecule has 0 fully saturated rings. The highest BCUT2D eigenvalue weighted by atomic mass is 19.1. The second-order valence-corrected chi connectivity index (χ2v) is 11.3. The van der Waals surface area contributed by atoms with Crippen LogP contribution in [0.4, 0.5) is 8.78 Å². The van der Waals surface area contributed by atoms with E-state index < -0.39 is 12.9 Å². The Morgan fingerprint density at radius 1 is 0.732 bits per heavy atom. The maximum Gasteiger partial charge on any atom is 0.491 e. The average Bonchev–Trinajstić information content (AvgIpc) is 3.55. The van der Waals surface area contributed by atoms with Gasteiger partial charge in [0.25, 0.3) is 0 Å². The SMILES string of the molecule is CCCC1=Cc2cc(-c3cccc(F)c3)ccc2C1.CCCC1Cc2ccc(-c3ccc(B(O)O)c(F)c3)cc2C1. The molecular weight excluding hydrogens is 513 g/mol. The fourth-order valence-electron chi connectivity index (χ4n) is 6.15. The highest BCUT2D eigenvalue weighted by Crippen LogP contribution is 2.33. The highest BCUT2D eigenvalue weighted by molar-refractivity contribution is 6.58. The van der Waals surface area contributed by atoms with Crippen molar-refractivity contribution >= 4 is 18.7 Å². The quantitative estimate of drug-likeness (QED) is 0.230. The van der Waals surface area contributed by atoms with Gasteiger partial charge in [0.2, 0.25) is 0 Å². The number of halogens is 2. The molecule has 0 bridgehead atoms. The van der Waals surface area contributed by atoms with E-state index in [1.54, 1.807) is 18.2 Å². The first-order chi connectivity index (χ1) is 19.8. The summed E-state index contributed by atoms with van der Waals surface area (Å²) in [5.74, 6) is -0.0315. The molecule has 4 aromatic rings. The summed E-state index contributed by atoms with van der Waals surface area (Å²) in [6, 6.07) is 24.1. The van der Waals surface area contributed by atoms with E-state index in [1.807, 2.05) is 12.1 Å². The lowest BCUT2D eigenvalue weighted by molar-refractivity contribution is 0.423. The minimum Gasteiger partial charge on any atom is -0.423 e. The molecular formula is C36H37BF2O2. The van der Waals surface area contributed by atoms with E-state index in [9.17, 15) is 8.78 Å². The Hall–Kier alpha value is -3.54. The Labute approximate surface area is 242 Å². The zero-order chi connectivity index (χ0) is 28.9. The molecule has 41 heavy (non-hydrogen) atoms. The molecule has 0 radical (unpaired) electrons. The first-order valence-corrected chi connectivity index (χ1v) is 14.7. The van der Waals surface area contributed by atoms with Crippen LogP contribution in [0, 0.1) is 17.6 Å². The van der Waals surface area contributed by atoms with Crippen LogP contribution in [0.5, 0.6) is 0 Å². The fourth-order valence-corrected chi connectivity index (χ4v) is 6.15. The largest absolute Gasteiger partial charge is 0.491 e. The Balaban J connectivity index is 0.000000166. The number of allylic oxidation sites excluding steroid dienone is 1. The van der Waals surface area contributed by atoms with E-state index in [2.05, 4.69) is 50.3 Å². The second kappa shape index (κ2) is 13.0. The Morgan fingerprint density at radius 2 is 1.41 bits per heavy atom. The zero-order valence-corrected chi connectivity index (χ0v) is 23.8. The van der Waals surface area contributed by atoms with Gasteiger partial charge in [0.05, 0.1) is 0 Å². The lowest BCUT2D eigenvalue weighted by Crippen LogP contribution is -2.32. The molecule has 2 nitrogen and oxygen atoms in total. The van der Waals surface area contributed by atoms with Crippen LogP contribution in [-0.4, -0.2) is 17.2 Å². The molecule has 0 saturated carbocycles. The van der Waals surface area contributed by atoms with Crippen LogP contribution in [0.1, 0.15) is 61.8 Å². The minimum absolute atomic E-state index is 0.0899. The highest BCUT2D eigenvalue weighted by Gasteiger charge is 2.22. The monoisotopic (exact) mass is 550 g/mol. The Bertz CT molecular complexity index is 1560. The molecule has 0 aromatic heterocycles. The summed E-state index contributed by atoms with van der Waals surface area (Å²) in [6.07, 6.45) is 10.4. The van der Waals surface area contributed by atoms with Crippen LogP contribution < -0.4 is 5.46 Å². The van der Waals surface area contributed by atoms with Crippen molar-refractivity contribution in [3.8, 4) is 22.3 Å². The third kappa shape index (κ3) is 6.86. The van der Waals surface area contributed by atoms with Gasteiger partial charge in [-0.1, -0.05) is 99.4 Å². The van der Waals surface area contributed by atoms with Gasteiger partial charge in [-0.3, -0.25) is 0 Å². The molecule has 4 aromatic carbocycles. The van der Waals surface area contributed by atoms with Gasteiger partial charge >= 0.3 is 7.12 Å². The summed E-state index contributed by atoms with van der Waals surface area (Å²) in [7, 11) is -1.77. The molecule has 6 rings (SSSR count). The summed E-state index contributed by atoms with van der Waals surface area (Å²) in [6.45, 7) is 4.43. The fraction of sp³-hybridized carbons (Fsp3) is 0.278. The first kappa shape index (κ1) is 29.0. The van der Waals surface area contributed by atoms with Crippen LogP contribution in [-0.2, 0) is 19.3 Å². The lowest BCUT2D eigenvalue weighted by atomic mass is 9.79. The maximum atomic E-state index is 13.9. The molecule has 5 heteroatoms. The molecule has 0 heterocycles. The van der Waals surface area contributed by atoms with Crippen molar-refractivity contribution in [1.29, 1.82) is 0 Å². The second-order valence-electron chi connectivity index (χ2n) is 11.3. The number of hydrogen-bond donors (Lipinski definition) is 2. The van der Waals surface area contributed by atoms with E-state index in [4.69, 9.17) is 10.0 Å². The molecule has 1 unspecified atom stereocenters. The van der Waals surface area contributed by atoms with Crippen molar-refractivity contribution in [1.82, 2.24) is 0 Å². The average molecular weight is 550 g/mol. The van der Waals surface area contributed by atoms with E-state index in [-0.39, 0.29) is 11.3 Å². The number of fused-ring (bicyclic) bond motifs is 2. The van der Waals surface area contributed by atoms with E-state index >= 15 is 0 Å². The number of benzene rings is 4.